The molecule has 1 N–H and O–H groups in total. The minimum absolute atomic E-state index is 0.113. The van der Waals surface area contributed by atoms with Gasteiger partial charge in [-0.3, -0.25) is 0 Å². The van der Waals surface area contributed by atoms with Gasteiger partial charge in [-0.2, -0.15) is 0 Å². The summed E-state index contributed by atoms with van der Waals surface area (Å²) in [6.45, 7) is 8.26. The highest BCUT2D eigenvalue weighted by atomic mass is 16.5. The smallest absolute Gasteiger partial charge is 0.153 e. The van der Waals surface area contributed by atoms with Gasteiger partial charge in [0.1, 0.15) is 11.6 Å². The molecule has 1 heterocycles. The average Bonchev–Trinajstić information content (AvgIpc) is 2.85. The van der Waals surface area contributed by atoms with Gasteiger partial charge in [0.05, 0.1) is 11.0 Å². The number of rotatable bonds is 3. The van der Waals surface area contributed by atoms with E-state index in [1.165, 1.54) is 11.1 Å². The lowest BCUT2D eigenvalue weighted by Gasteiger charge is -2.14. The number of ether oxygens (including phenoxy) is 1. The molecule has 0 aliphatic rings. The van der Waals surface area contributed by atoms with E-state index in [-0.39, 0.29) is 6.10 Å². The third-order valence-corrected chi connectivity index (χ3v) is 3.72. The molecule has 1 unspecified atom stereocenters. The van der Waals surface area contributed by atoms with Gasteiger partial charge < -0.3 is 9.72 Å². The molecule has 0 saturated carbocycles. The van der Waals surface area contributed by atoms with Gasteiger partial charge in [0.15, 0.2) is 6.10 Å². The molecule has 0 aliphatic heterocycles. The van der Waals surface area contributed by atoms with Crippen LogP contribution in [0.5, 0.6) is 5.75 Å². The van der Waals surface area contributed by atoms with Crippen molar-refractivity contribution in [3.8, 4) is 5.75 Å². The Kier molecular flexibility index (Phi) is 3.42. The summed E-state index contributed by atoms with van der Waals surface area (Å²) in [7, 11) is 0. The second-order valence-electron chi connectivity index (χ2n) is 5.63. The lowest BCUT2D eigenvalue weighted by Crippen LogP contribution is -2.05. The number of hydrogen-bond donors (Lipinski definition) is 1. The average molecular weight is 280 g/mol. The highest BCUT2D eigenvalue weighted by Gasteiger charge is 2.14. The number of imidazole rings is 1. The summed E-state index contributed by atoms with van der Waals surface area (Å²) in [6, 6.07) is 12.3. The van der Waals surface area contributed by atoms with Crippen LogP contribution in [0, 0.1) is 20.8 Å². The Morgan fingerprint density at radius 2 is 1.81 bits per heavy atom. The third kappa shape index (κ3) is 2.64. The Hall–Kier alpha value is -2.29. The molecular formula is C18H20N2O. The molecule has 0 fully saturated rings. The zero-order valence-corrected chi connectivity index (χ0v) is 12.9. The first-order chi connectivity index (χ1) is 10.0. The fourth-order valence-electron chi connectivity index (χ4n) is 2.62. The van der Waals surface area contributed by atoms with Crippen molar-refractivity contribution >= 4 is 11.0 Å². The van der Waals surface area contributed by atoms with Crippen molar-refractivity contribution in [2.45, 2.75) is 33.8 Å². The van der Waals surface area contributed by atoms with Crippen LogP contribution in [0.2, 0.25) is 0 Å². The molecule has 0 amide bonds. The number of aromatic nitrogens is 2. The maximum Gasteiger partial charge on any atom is 0.153 e. The third-order valence-electron chi connectivity index (χ3n) is 3.72. The van der Waals surface area contributed by atoms with Gasteiger partial charge in [-0.05, 0) is 56.5 Å². The first kappa shape index (κ1) is 13.7. The van der Waals surface area contributed by atoms with Crippen molar-refractivity contribution in [2.75, 3.05) is 0 Å². The molecule has 3 aromatic rings. The van der Waals surface area contributed by atoms with Crippen LogP contribution >= 0.6 is 0 Å². The summed E-state index contributed by atoms with van der Waals surface area (Å²) in [5.41, 5.74) is 5.66. The molecule has 1 aromatic heterocycles. The zero-order valence-electron chi connectivity index (χ0n) is 12.9. The van der Waals surface area contributed by atoms with Crippen molar-refractivity contribution in [2.24, 2.45) is 0 Å². The van der Waals surface area contributed by atoms with Crippen LogP contribution in [0.15, 0.2) is 36.4 Å². The van der Waals surface area contributed by atoms with E-state index in [1.807, 2.05) is 38.1 Å². The van der Waals surface area contributed by atoms with Crippen molar-refractivity contribution in [1.82, 2.24) is 9.97 Å². The quantitative estimate of drug-likeness (QED) is 0.759. The number of H-pyrrole nitrogens is 1. The predicted molar refractivity (Wildman–Crippen MR) is 85.8 cm³/mol. The van der Waals surface area contributed by atoms with E-state index in [9.17, 15) is 0 Å². The summed E-state index contributed by atoms with van der Waals surface area (Å²) in [6.07, 6.45) is -0.113. The van der Waals surface area contributed by atoms with Gasteiger partial charge in [-0.1, -0.05) is 24.3 Å². The Bertz CT molecular complexity index is 789. The van der Waals surface area contributed by atoms with Crippen molar-refractivity contribution in [1.29, 1.82) is 0 Å². The fraction of sp³-hybridized carbons (Fsp3) is 0.278. The first-order valence-corrected chi connectivity index (χ1v) is 7.24. The molecule has 0 aliphatic carbocycles. The molecule has 3 rings (SSSR count). The lowest BCUT2D eigenvalue weighted by molar-refractivity contribution is 0.216. The molecule has 3 heteroatoms. The van der Waals surface area contributed by atoms with Crippen LogP contribution in [0.25, 0.3) is 11.0 Å². The fourth-order valence-corrected chi connectivity index (χ4v) is 2.62. The molecule has 0 bridgehead atoms. The van der Waals surface area contributed by atoms with Crippen molar-refractivity contribution in [3.05, 3.63) is 58.9 Å². The van der Waals surface area contributed by atoms with Crippen LogP contribution < -0.4 is 4.74 Å². The molecular weight excluding hydrogens is 260 g/mol. The summed E-state index contributed by atoms with van der Waals surface area (Å²) in [5, 5.41) is 0. The maximum absolute atomic E-state index is 6.04. The summed E-state index contributed by atoms with van der Waals surface area (Å²) in [4.78, 5) is 8.08. The van der Waals surface area contributed by atoms with Crippen molar-refractivity contribution < 1.29 is 4.74 Å². The first-order valence-electron chi connectivity index (χ1n) is 7.24. The van der Waals surface area contributed by atoms with Gasteiger partial charge in [0.2, 0.25) is 0 Å². The molecule has 108 valence electrons. The van der Waals surface area contributed by atoms with E-state index in [4.69, 9.17) is 9.72 Å². The Morgan fingerprint density at radius 3 is 2.57 bits per heavy atom. The SMILES string of the molecule is Cc1cc(C)c2nc(C(C)Oc3ccccc3C)[nH]c2c1. The van der Waals surface area contributed by atoms with Gasteiger partial charge in [0, 0.05) is 0 Å². The molecule has 3 nitrogen and oxygen atoms in total. The van der Waals surface area contributed by atoms with Gasteiger partial charge >= 0.3 is 0 Å². The Balaban J connectivity index is 1.93. The minimum atomic E-state index is -0.113. The highest BCUT2D eigenvalue weighted by Crippen LogP contribution is 2.26. The highest BCUT2D eigenvalue weighted by molar-refractivity contribution is 5.79. The Morgan fingerprint density at radius 1 is 1.05 bits per heavy atom. The minimum Gasteiger partial charge on any atom is -0.483 e. The van der Waals surface area contributed by atoms with E-state index >= 15 is 0 Å². The number of fused-ring (bicyclic) bond motifs is 1. The second kappa shape index (κ2) is 5.24. The van der Waals surface area contributed by atoms with Crippen LogP contribution in [0.1, 0.15) is 35.5 Å². The van der Waals surface area contributed by atoms with Crippen LogP contribution in [-0.4, -0.2) is 9.97 Å². The summed E-state index contributed by atoms with van der Waals surface area (Å²) < 4.78 is 6.04. The summed E-state index contributed by atoms with van der Waals surface area (Å²) >= 11 is 0. The molecule has 2 aromatic carbocycles. The molecule has 21 heavy (non-hydrogen) atoms. The topological polar surface area (TPSA) is 37.9 Å². The summed E-state index contributed by atoms with van der Waals surface area (Å²) in [5.74, 6) is 1.76. The largest absolute Gasteiger partial charge is 0.483 e. The molecule has 0 saturated heterocycles. The van der Waals surface area contributed by atoms with E-state index in [1.54, 1.807) is 0 Å². The molecule has 1 atom stereocenters. The molecule has 0 spiro atoms. The number of benzene rings is 2. The standard InChI is InChI=1S/C18H20N2O/c1-11-9-13(3)17-15(10-11)19-18(20-17)14(4)21-16-8-6-5-7-12(16)2/h5-10,14H,1-4H3,(H,19,20). The Labute approximate surface area is 125 Å². The molecule has 0 radical (unpaired) electrons. The van der Waals surface area contributed by atoms with E-state index in [2.05, 4.69) is 31.0 Å². The predicted octanol–water partition coefficient (Wildman–Crippen LogP) is 4.63. The van der Waals surface area contributed by atoms with Crippen LogP contribution in [0.3, 0.4) is 0 Å². The monoisotopic (exact) mass is 280 g/mol. The van der Waals surface area contributed by atoms with Crippen LogP contribution in [-0.2, 0) is 0 Å². The lowest BCUT2D eigenvalue weighted by atomic mass is 10.1. The number of aryl methyl sites for hydroxylation is 3. The normalized spacial score (nSPS) is 12.6. The number of hydrogen-bond acceptors (Lipinski definition) is 2. The van der Waals surface area contributed by atoms with Crippen molar-refractivity contribution in [3.63, 3.8) is 0 Å². The van der Waals surface area contributed by atoms with Crippen LogP contribution in [0.4, 0.5) is 0 Å². The number of nitrogens with zero attached hydrogens (tertiary/aromatic N) is 1. The van der Waals surface area contributed by atoms with E-state index in [0.29, 0.717) is 0 Å². The van der Waals surface area contributed by atoms with Gasteiger partial charge in [-0.25, -0.2) is 4.98 Å². The van der Waals surface area contributed by atoms with Gasteiger partial charge in [0.25, 0.3) is 0 Å². The number of nitrogens with one attached hydrogen (secondary N) is 1. The zero-order chi connectivity index (χ0) is 15.0. The van der Waals surface area contributed by atoms with E-state index < -0.39 is 0 Å². The second-order valence-corrected chi connectivity index (χ2v) is 5.63. The number of aromatic amines is 1. The van der Waals surface area contributed by atoms with Gasteiger partial charge in [-0.15, -0.1) is 0 Å². The van der Waals surface area contributed by atoms with E-state index in [0.717, 1.165) is 28.2 Å². The number of para-hydroxylation sites is 1. The maximum atomic E-state index is 6.04.